The lowest BCUT2D eigenvalue weighted by Gasteiger charge is -2.12. The average Bonchev–Trinajstić information content (AvgIpc) is 2.36. The Kier molecular flexibility index (Phi) is 4.27. The van der Waals surface area contributed by atoms with Gasteiger partial charge in [0.1, 0.15) is 0 Å². The summed E-state index contributed by atoms with van der Waals surface area (Å²) in [6.45, 7) is 1.71. The van der Waals surface area contributed by atoms with Crippen molar-refractivity contribution < 1.29 is 8.42 Å². The van der Waals surface area contributed by atoms with Gasteiger partial charge >= 0.3 is 0 Å². The van der Waals surface area contributed by atoms with Crippen molar-refractivity contribution in [1.82, 2.24) is 0 Å². The zero-order valence-corrected chi connectivity index (χ0v) is 13.7. The van der Waals surface area contributed by atoms with Gasteiger partial charge in [0.25, 0.3) is 10.0 Å². The van der Waals surface area contributed by atoms with Crippen molar-refractivity contribution in [2.75, 3.05) is 10.5 Å². The fourth-order valence-electron chi connectivity index (χ4n) is 1.68. The molecule has 2 aromatic carbocycles. The van der Waals surface area contributed by atoms with Crippen LogP contribution in [0.1, 0.15) is 5.56 Å². The van der Waals surface area contributed by atoms with Crippen LogP contribution < -0.4 is 10.5 Å². The number of nitrogens with two attached hydrogens (primary N) is 1. The van der Waals surface area contributed by atoms with Crippen molar-refractivity contribution in [3.05, 3.63) is 51.5 Å². The fraction of sp³-hybridized carbons (Fsp3) is 0.0769. The second-order valence-electron chi connectivity index (χ2n) is 4.25. The predicted molar refractivity (Wildman–Crippen MR) is 85.6 cm³/mol. The summed E-state index contributed by atoms with van der Waals surface area (Å²) in [4.78, 5) is 0.143. The minimum atomic E-state index is -3.72. The molecule has 4 nitrogen and oxygen atoms in total. The highest BCUT2D eigenvalue weighted by molar-refractivity contribution is 9.10. The predicted octanol–water partition coefficient (Wildman–Crippen LogP) is 3.79. The number of rotatable bonds is 3. The number of benzene rings is 2. The van der Waals surface area contributed by atoms with Gasteiger partial charge in [-0.3, -0.25) is 4.72 Å². The summed E-state index contributed by atoms with van der Waals surface area (Å²) in [6, 6.07) is 9.61. The summed E-state index contributed by atoms with van der Waals surface area (Å²) < 4.78 is 27.9. The monoisotopic (exact) mass is 374 g/mol. The topological polar surface area (TPSA) is 72.2 Å². The maximum atomic E-state index is 12.4. The van der Waals surface area contributed by atoms with Gasteiger partial charge in [-0.05, 0) is 58.7 Å². The Hall–Kier alpha value is -1.24. The number of anilines is 2. The van der Waals surface area contributed by atoms with Crippen molar-refractivity contribution >= 4 is 48.9 Å². The largest absolute Gasteiger partial charge is 0.399 e. The third-order valence-corrected chi connectivity index (χ3v) is 5.11. The summed E-state index contributed by atoms with van der Waals surface area (Å²) in [6.07, 6.45) is 0. The first-order valence-corrected chi connectivity index (χ1v) is 8.29. The van der Waals surface area contributed by atoms with Crippen LogP contribution in [0.25, 0.3) is 0 Å². The van der Waals surface area contributed by atoms with Crippen molar-refractivity contribution in [3.63, 3.8) is 0 Å². The summed E-state index contributed by atoms with van der Waals surface area (Å²) in [5.74, 6) is 0. The summed E-state index contributed by atoms with van der Waals surface area (Å²) in [7, 11) is -3.72. The molecule has 106 valence electrons. The molecule has 0 bridgehead atoms. The third kappa shape index (κ3) is 3.26. The van der Waals surface area contributed by atoms with Crippen LogP contribution in [-0.4, -0.2) is 8.42 Å². The number of nitrogen functional groups attached to an aromatic ring is 1. The number of nitrogens with one attached hydrogen (secondary N) is 1. The standard InChI is InChI=1S/C13H12BrClN2O2S/c1-8-2-4-10(16)7-13(8)20(18,19)17-12-6-9(15)3-5-11(12)14/h2-7,17H,16H2,1H3. The Morgan fingerprint density at radius 1 is 1.20 bits per heavy atom. The lowest BCUT2D eigenvalue weighted by molar-refractivity contribution is 0.600. The van der Waals surface area contributed by atoms with Gasteiger partial charge in [0, 0.05) is 15.2 Å². The van der Waals surface area contributed by atoms with Gasteiger partial charge in [-0.1, -0.05) is 17.7 Å². The molecule has 0 saturated heterocycles. The van der Waals surface area contributed by atoms with Crippen LogP contribution in [0.4, 0.5) is 11.4 Å². The first kappa shape index (κ1) is 15.2. The maximum absolute atomic E-state index is 12.4. The van der Waals surface area contributed by atoms with Crippen LogP contribution in [0, 0.1) is 6.92 Å². The third-order valence-electron chi connectivity index (χ3n) is 2.67. The molecule has 0 aliphatic rings. The van der Waals surface area contributed by atoms with E-state index in [9.17, 15) is 8.42 Å². The van der Waals surface area contributed by atoms with E-state index < -0.39 is 10.0 Å². The normalized spacial score (nSPS) is 11.3. The molecule has 0 saturated carbocycles. The first-order chi connectivity index (χ1) is 9.29. The van der Waals surface area contributed by atoms with E-state index in [0.717, 1.165) is 0 Å². The summed E-state index contributed by atoms with van der Waals surface area (Å²) >= 11 is 9.15. The average molecular weight is 376 g/mol. The molecule has 0 fully saturated rings. The molecule has 0 aromatic heterocycles. The van der Waals surface area contributed by atoms with Gasteiger partial charge in [0.2, 0.25) is 0 Å². The van der Waals surface area contributed by atoms with Gasteiger partial charge in [-0.2, -0.15) is 0 Å². The molecule has 3 N–H and O–H groups in total. The van der Waals surface area contributed by atoms with Crippen LogP contribution in [0.2, 0.25) is 5.02 Å². The second kappa shape index (κ2) is 5.63. The van der Waals surface area contributed by atoms with Gasteiger partial charge < -0.3 is 5.73 Å². The molecule has 7 heteroatoms. The van der Waals surface area contributed by atoms with E-state index in [0.29, 0.717) is 26.4 Å². The molecule has 0 heterocycles. The molecule has 0 aliphatic heterocycles. The van der Waals surface area contributed by atoms with Crippen LogP contribution in [-0.2, 0) is 10.0 Å². The molecule has 20 heavy (non-hydrogen) atoms. The molecule has 0 atom stereocenters. The molecule has 0 spiro atoms. The second-order valence-corrected chi connectivity index (χ2v) is 7.20. The van der Waals surface area contributed by atoms with Crippen molar-refractivity contribution in [2.45, 2.75) is 11.8 Å². The highest BCUT2D eigenvalue weighted by Gasteiger charge is 2.18. The minimum Gasteiger partial charge on any atom is -0.399 e. The van der Waals surface area contributed by atoms with E-state index in [1.807, 2.05) is 0 Å². The SMILES string of the molecule is Cc1ccc(N)cc1S(=O)(=O)Nc1cc(Cl)ccc1Br. The van der Waals surface area contributed by atoms with Gasteiger partial charge in [0.15, 0.2) is 0 Å². The van der Waals surface area contributed by atoms with Crippen LogP contribution in [0.5, 0.6) is 0 Å². The lowest BCUT2D eigenvalue weighted by Crippen LogP contribution is -2.15. The van der Waals surface area contributed by atoms with Crippen LogP contribution in [0.15, 0.2) is 45.8 Å². The quantitative estimate of drug-likeness (QED) is 0.802. The van der Waals surface area contributed by atoms with Crippen molar-refractivity contribution in [3.8, 4) is 0 Å². The Balaban J connectivity index is 2.46. The highest BCUT2D eigenvalue weighted by atomic mass is 79.9. The van der Waals surface area contributed by atoms with E-state index in [1.165, 1.54) is 12.1 Å². The van der Waals surface area contributed by atoms with Crippen LogP contribution in [0.3, 0.4) is 0 Å². The number of hydrogen-bond acceptors (Lipinski definition) is 3. The Morgan fingerprint density at radius 2 is 1.90 bits per heavy atom. The molecule has 0 aliphatic carbocycles. The molecule has 2 rings (SSSR count). The zero-order chi connectivity index (χ0) is 14.9. The maximum Gasteiger partial charge on any atom is 0.262 e. The summed E-state index contributed by atoms with van der Waals surface area (Å²) in [5, 5.41) is 0.440. The number of hydrogen-bond donors (Lipinski definition) is 2. The molecular weight excluding hydrogens is 364 g/mol. The first-order valence-electron chi connectivity index (χ1n) is 5.63. The Bertz CT molecular complexity index is 763. The van der Waals surface area contributed by atoms with E-state index in [1.54, 1.807) is 31.2 Å². The fourth-order valence-corrected chi connectivity index (χ4v) is 3.68. The van der Waals surface area contributed by atoms with Crippen molar-refractivity contribution in [1.29, 1.82) is 0 Å². The van der Waals surface area contributed by atoms with Gasteiger partial charge in [-0.25, -0.2) is 8.42 Å². The molecule has 0 unspecified atom stereocenters. The van der Waals surface area contributed by atoms with Crippen molar-refractivity contribution in [2.24, 2.45) is 0 Å². The Morgan fingerprint density at radius 3 is 2.60 bits per heavy atom. The highest BCUT2D eigenvalue weighted by Crippen LogP contribution is 2.29. The lowest BCUT2D eigenvalue weighted by atomic mass is 10.2. The van der Waals surface area contributed by atoms with Crippen LogP contribution >= 0.6 is 27.5 Å². The Labute approximate surface area is 131 Å². The smallest absolute Gasteiger partial charge is 0.262 e. The number of aryl methyl sites for hydroxylation is 1. The van der Waals surface area contributed by atoms with Gasteiger partial charge in [-0.15, -0.1) is 0 Å². The molecular formula is C13H12BrClN2O2S. The van der Waals surface area contributed by atoms with Gasteiger partial charge in [0.05, 0.1) is 10.6 Å². The molecule has 2 aromatic rings. The van der Waals surface area contributed by atoms with E-state index in [2.05, 4.69) is 20.7 Å². The van der Waals surface area contributed by atoms with E-state index in [-0.39, 0.29) is 4.90 Å². The zero-order valence-electron chi connectivity index (χ0n) is 10.5. The molecule has 0 amide bonds. The van der Waals surface area contributed by atoms with E-state index in [4.69, 9.17) is 17.3 Å². The number of halogens is 2. The minimum absolute atomic E-state index is 0.143. The number of sulfonamides is 1. The molecule has 0 radical (unpaired) electrons. The van der Waals surface area contributed by atoms with E-state index >= 15 is 0 Å². The summed E-state index contributed by atoms with van der Waals surface area (Å²) in [5.41, 5.74) is 7.03.